The fourth-order valence-corrected chi connectivity index (χ4v) is 4.92. The minimum absolute atomic E-state index is 0.0718. The van der Waals surface area contributed by atoms with E-state index in [1.807, 2.05) is 78.9 Å². The average Bonchev–Trinajstić information content (AvgIpc) is 2.82. The number of nitrogens with one attached hydrogen (secondary N) is 1. The number of benzene rings is 2. The second-order valence-electron chi connectivity index (χ2n) is 8.99. The summed E-state index contributed by atoms with van der Waals surface area (Å²) in [5.41, 5.74) is 5.34. The second kappa shape index (κ2) is 8.13. The van der Waals surface area contributed by atoms with Crippen LogP contribution in [0.5, 0.6) is 5.88 Å². The van der Waals surface area contributed by atoms with Gasteiger partial charge in [-0.2, -0.15) is 0 Å². The predicted octanol–water partition coefficient (Wildman–Crippen LogP) is 5.24. The van der Waals surface area contributed by atoms with E-state index in [0.29, 0.717) is 11.6 Å². The van der Waals surface area contributed by atoms with E-state index in [-0.39, 0.29) is 12.5 Å². The monoisotopic (exact) mass is 465 g/mol. The van der Waals surface area contributed by atoms with Crippen molar-refractivity contribution >= 4 is 17.7 Å². The Morgan fingerprint density at radius 1 is 1.06 bits per heavy atom. The first-order valence-corrected chi connectivity index (χ1v) is 11.6. The summed E-state index contributed by atoms with van der Waals surface area (Å²) in [7, 11) is 0. The first-order chi connectivity index (χ1) is 17.0. The lowest BCUT2D eigenvalue weighted by Gasteiger charge is -2.42. The van der Waals surface area contributed by atoms with Gasteiger partial charge in [0.05, 0.1) is 11.2 Å². The molecule has 3 aliphatic rings. The van der Waals surface area contributed by atoms with Crippen molar-refractivity contribution in [3.8, 4) is 28.3 Å². The summed E-state index contributed by atoms with van der Waals surface area (Å²) in [4.78, 5) is 30.6. The SMILES string of the molecule is O=C(O)NC1(c2ccc(-c3nc4c(cc3-c3ccccc3)N(C3=CC=C3)C(=O)CO4)cc2)CCC1. The summed E-state index contributed by atoms with van der Waals surface area (Å²) in [6.07, 6.45) is 7.23. The average molecular weight is 466 g/mol. The van der Waals surface area contributed by atoms with Crippen molar-refractivity contribution in [3.05, 3.63) is 90.2 Å². The van der Waals surface area contributed by atoms with E-state index in [2.05, 4.69) is 5.32 Å². The lowest BCUT2D eigenvalue weighted by Crippen LogP contribution is -2.50. The van der Waals surface area contributed by atoms with E-state index in [9.17, 15) is 14.7 Å². The Balaban J connectivity index is 1.46. The fraction of sp³-hybridized carbons (Fsp3) is 0.179. The number of carbonyl (C=O) groups excluding carboxylic acids is 1. The number of ether oxygens (including phenoxy) is 1. The highest BCUT2D eigenvalue weighted by molar-refractivity contribution is 6.03. The molecule has 0 saturated heterocycles. The van der Waals surface area contributed by atoms with Gasteiger partial charge in [-0.15, -0.1) is 0 Å². The third kappa shape index (κ3) is 3.56. The number of anilines is 1. The van der Waals surface area contributed by atoms with Crippen LogP contribution in [0.3, 0.4) is 0 Å². The Kier molecular flexibility index (Phi) is 4.91. The molecule has 7 nitrogen and oxygen atoms in total. The molecule has 2 aromatic carbocycles. The van der Waals surface area contributed by atoms with Crippen molar-refractivity contribution in [2.75, 3.05) is 11.5 Å². The zero-order valence-electron chi connectivity index (χ0n) is 18.9. The molecule has 35 heavy (non-hydrogen) atoms. The quantitative estimate of drug-likeness (QED) is 0.538. The molecule has 2 N–H and O–H groups in total. The molecule has 174 valence electrons. The van der Waals surface area contributed by atoms with Gasteiger partial charge < -0.3 is 15.2 Å². The van der Waals surface area contributed by atoms with E-state index in [1.165, 1.54) is 0 Å². The van der Waals surface area contributed by atoms with Gasteiger partial charge in [-0.1, -0.05) is 60.7 Å². The Labute approximate surface area is 202 Å². The molecule has 2 heterocycles. The van der Waals surface area contributed by atoms with Crippen molar-refractivity contribution in [2.24, 2.45) is 0 Å². The molecule has 0 atom stereocenters. The topological polar surface area (TPSA) is 91.8 Å². The summed E-state index contributed by atoms with van der Waals surface area (Å²) in [6, 6.07) is 19.8. The van der Waals surface area contributed by atoms with Crippen LogP contribution < -0.4 is 15.0 Å². The third-order valence-electron chi connectivity index (χ3n) is 6.93. The molecule has 1 aliphatic heterocycles. The lowest BCUT2D eigenvalue weighted by molar-refractivity contribution is -0.120. The number of hydrogen-bond acceptors (Lipinski definition) is 4. The van der Waals surface area contributed by atoms with Gasteiger partial charge >= 0.3 is 6.09 Å². The van der Waals surface area contributed by atoms with Crippen molar-refractivity contribution in [1.29, 1.82) is 0 Å². The van der Waals surface area contributed by atoms with Crippen LogP contribution in [-0.2, 0) is 10.3 Å². The summed E-state index contributed by atoms with van der Waals surface area (Å²) in [5, 5.41) is 12.0. The van der Waals surface area contributed by atoms with Crippen LogP contribution in [0.2, 0.25) is 0 Å². The standard InChI is InChI=1S/C28H23N3O4/c32-24-17-35-26-23(31(24)21-8-4-9-21)16-22(18-6-2-1-3-7-18)25(29-26)19-10-12-20(13-11-19)28(14-5-15-28)30-27(33)34/h1-4,6-13,16,30H,5,14-15,17H2,(H,33,34). The molecule has 1 aromatic heterocycles. The molecule has 1 fully saturated rings. The molecule has 0 bridgehead atoms. The third-order valence-corrected chi connectivity index (χ3v) is 6.93. The van der Waals surface area contributed by atoms with E-state index >= 15 is 0 Å². The van der Waals surface area contributed by atoms with Gasteiger partial charge in [-0.3, -0.25) is 9.69 Å². The maximum absolute atomic E-state index is 12.7. The maximum Gasteiger partial charge on any atom is 0.405 e. The normalized spacial score (nSPS) is 17.4. The number of aromatic nitrogens is 1. The summed E-state index contributed by atoms with van der Waals surface area (Å²) in [5.74, 6) is 0.273. The number of carboxylic acid groups (broad SMARTS) is 1. The predicted molar refractivity (Wildman–Crippen MR) is 132 cm³/mol. The smallest absolute Gasteiger partial charge is 0.405 e. The van der Waals surface area contributed by atoms with Gasteiger partial charge in [-0.05, 0) is 48.6 Å². The Morgan fingerprint density at radius 2 is 1.80 bits per heavy atom. The van der Waals surface area contributed by atoms with Crippen LogP contribution in [-0.4, -0.2) is 28.7 Å². The zero-order valence-corrected chi connectivity index (χ0v) is 18.9. The maximum atomic E-state index is 12.7. The van der Waals surface area contributed by atoms with Crippen LogP contribution in [0.25, 0.3) is 22.4 Å². The minimum Gasteiger partial charge on any atom is -0.466 e. The van der Waals surface area contributed by atoms with Gasteiger partial charge in [0, 0.05) is 16.8 Å². The summed E-state index contributed by atoms with van der Waals surface area (Å²) in [6.45, 7) is -0.0718. The number of rotatable bonds is 5. The van der Waals surface area contributed by atoms with Gasteiger partial charge in [0.2, 0.25) is 5.88 Å². The molecular formula is C28H23N3O4. The molecule has 1 saturated carbocycles. The summed E-state index contributed by atoms with van der Waals surface area (Å²) >= 11 is 0. The number of carbonyl (C=O) groups is 2. The van der Waals surface area contributed by atoms with Crippen LogP contribution >= 0.6 is 0 Å². The van der Waals surface area contributed by atoms with Gasteiger partial charge in [0.15, 0.2) is 6.61 Å². The fourth-order valence-electron chi connectivity index (χ4n) is 4.92. The lowest BCUT2D eigenvalue weighted by atomic mass is 9.71. The van der Waals surface area contributed by atoms with Crippen molar-refractivity contribution in [3.63, 3.8) is 0 Å². The number of pyridine rings is 1. The largest absolute Gasteiger partial charge is 0.466 e. The highest BCUT2D eigenvalue weighted by Gasteiger charge is 2.40. The number of allylic oxidation sites excluding steroid dienone is 3. The number of nitrogens with zero attached hydrogens (tertiary/aromatic N) is 2. The molecular weight excluding hydrogens is 442 g/mol. The molecule has 3 aromatic rings. The first-order valence-electron chi connectivity index (χ1n) is 11.6. The second-order valence-corrected chi connectivity index (χ2v) is 8.99. The van der Waals surface area contributed by atoms with Crippen LogP contribution in [0.1, 0.15) is 24.8 Å². The Hall–Kier alpha value is -4.39. The number of fused-ring (bicyclic) bond motifs is 1. The molecule has 0 spiro atoms. The Morgan fingerprint density at radius 3 is 2.40 bits per heavy atom. The zero-order chi connectivity index (χ0) is 24.0. The van der Waals surface area contributed by atoms with Crippen molar-refractivity contribution < 1.29 is 19.4 Å². The van der Waals surface area contributed by atoms with Crippen molar-refractivity contribution in [1.82, 2.24) is 10.3 Å². The molecule has 0 radical (unpaired) electrons. The molecule has 7 heteroatoms. The van der Waals surface area contributed by atoms with Crippen LogP contribution in [0.4, 0.5) is 10.5 Å². The minimum atomic E-state index is -1.01. The van der Waals surface area contributed by atoms with Crippen molar-refractivity contribution in [2.45, 2.75) is 24.8 Å². The molecule has 2 amide bonds. The molecule has 6 rings (SSSR count). The highest BCUT2D eigenvalue weighted by atomic mass is 16.5. The van der Waals surface area contributed by atoms with Gasteiger partial charge in [-0.25, -0.2) is 9.78 Å². The molecule has 2 aliphatic carbocycles. The summed E-state index contributed by atoms with van der Waals surface area (Å²) < 4.78 is 5.76. The van der Waals surface area contributed by atoms with E-state index in [1.54, 1.807) is 4.90 Å². The number of hydrogen-bond donors (Lipinski definition) is 2. The highest BCUT2D eigenvalue weighted by Crippen LogP contribution is 2.44. The first kappa shape index (κ1) is 21.2. The van der Waals surface area contributed by atoms with E-state index < -0.39 is 11.6 Å². The van der Waals surface area contributed by atoms with Crippen LogP contribution in [0.15, 0.2) is 84.6 Å². The molecule has 0 unspecified atom stereocenters. The van der Waals surface area contributed by atoms with Crippen LogP contribution in [0, 0.1) is 0 Å². The van der Waals surface area contributed by atoms with E-state index in [0.717, 1.165) is 52.9 Å². The Bertz CT molecular complexity index is 1390. The number of amides is 2. The van der Waals surface area contributed by atoms with Gasteiger partial charge in [0.1, 0.15) is 5.69 Å². The van der Waals surface area contributed by atoms with Gasteiger partial charge in [0.25, 0.3) is 5.91 Å². The van der Waals surface area contributed by atoms with E-state index in [4.69, 9.17) is 9.72 Å².